The third-order valence-corrected chi connectivity index (χ3v) is 2.41. The Morgan fingerprint density at radius 1 is 1.67 bits per heavy atom. The van der Waals surface area contributed by atoms with Gasteiger partial charge in [0, 0.05) is 6.54 Å². The lowest BCUT2D eigenvalue weighted by molar-refractivity contribution is -0.141. The molecule has 6 heteroatoms. The van der Waals surface area contributed by atoms with E-state index in [0.29, 0.717) is 0 Å². The lowest BCUT2D eigenvalue weighted by Crippen LogP contribution is -2.40. The van der Waals surface area contributed by atoms with Gasteiger partial charge in [-0.25, -0.2) is 9.59 Å². The number of ether oxygens (including phenoxy) is 1. The molecule has 1 fully saturated rings. The first-order valence-corrected chi connectivity index (χ1v) is 4.91. The summed E-state index contributed by atoms with van der Waals surface area (Å²) in [6, 6.07) is -0.884. The average Bonchev–Trinajstić information content (AvgIpc) is 2.57. The van der Waals surface area contributed by atoms with Crippen LogP contribution in [-0.2, 0) is 9.53 Å². The zero-order valence-electron chi connectivity index (χ0n) is 8.06. The molecular weight excluding hydrogens is 222 g/mol. The van der Waals surface area contributed by atoms with Gasteiger partial charge in [-0.3, -0.25) is 4.90 Å². The van der Waals surface area contributed by atoms with Crippen molar-refractivity contribution in [2.75, 3.05) is 13.2 Å². The summed E-state index contributed by atoms with van der Waals surface area (Å²) in [5.74, 6) is -1.06. The second-order valence-electron chi connectivity index (χ2n) is 3.20. The summed E-state index contributed by atoms with van der Waals surface area (Å²) in [5, 5.41) is 8.52. The van der Waals surface area contributed by atoms with Crippen LogP contribution in [0.5, 0.6) is 0 Å². The van der Waals surface area contributed by atoms with Crippen LogP contribution in [0, 0.1) is 0 Å². The van der Waals surface area contributed by atoms with Crippen molar-refractivity contribution in [2.24, 2.45) is 0 Å². The molecule has 84 valence electrons. The summed E-state index contributed by atoms with van der Waals surface area (Å²) < 4.78 is 4.75. The maximum absolute atomic E-state index is 11.4. The van der Waals surface area contributed by atoms with Crippen LogP contribution in [0.4, 0.5) is 4.79 Å². The van der Waals surface area contributed by atoms with Crippen LogP contribution in [0.15, 0.2) is 12.7 Å². The Hall–Kier alpha value is -1.23. The van der Waals surface area contributed by atoms with Crippen molar-refractivity contribution >= 4 is 23.7 Å². The molecule has 0 aliphatic carbocycles. The van der Waals surface area contributed by atoms with E-state index in [1.165, 1.54) is 6.08 Å². The van der Waals surface area contributed by atoms with E-state index in [0.717, 1.165) is 4.90 Å². The van der Waals surface area contributed by atoms with Crippen LogP contribution < -0.4 is 0 Å². The largest absolute Gasteiger partial charge is 0.480 e. The lowest BCUT2D eigenvalue weighted by Gasteiger charge is -2.19. The summed E-state index contributed by atoms with van der Waals surface area (Å²) in [6.45, 7) is 3.66. The van der Waals surface area contributed by atoms with Crippen molar-refractivity contribution in [1.29, 1.82) is 0 Å². The fourth-order valence-corrected chi connectivity index (χ4v) is 1.75. The topological polar surface area (TPSA) is 66.8 Å². The smallest absolute Gasteiger partial charge is 0.410 e. The summed E-state index contributed by atoms with van der Waals surface area (Å²) in [7, 11) is 0. The second-order valence-corrected chi connectivity index (χ2v) is 3.82. The Morgan fingerprint density at radius 3 is 2.87 bits per heavy atom. The van der Waals surface area contributed by atoms with Gasteiger partial charge in [0.15, 0.2) is 0 Å². The first-order valence-electron chi connectivity index (χ1n) is 4.47. The monoisotopic (exact) mass is 233 g/mol. The molecule has 5 nitrogen and oxygen atoms in total. The van der Waals surface area contributed by atoms with Gasteiger partial charge >= 0.3 is 12.1 Å². The van der Waals surface area contributed by atoms with E-state index < -0.39 is 18.1 Å². The molecule has 2 atom stereocenters. The lowest BCUT2D eigenvalue weighted by atomic mass is 10.2. The number of rotatable bonds is 3. The van der Waals surface area contributed by atoms with Crippen molar-refractivity contribution in [3.05, 3.63) is 12.7 Å². The highest BCUT2D eigenvalue weighted by Crippen LogP contribution is 2.22. The number of alkyl halides is 1. The number of amides is 1. The van der Waals surface area contributed by atoms with Crippen LogP contribution in [0.25, 0.3) is 0 Å². The SMILES string of the molecule is C=CCOC(=O)N1C[C@@H](Cl)C[C@H]1C(=O)O. The Morgan fingerprint density at radius 2 is 2.33 bits per heavy atom. The number of carboxylic acids is 1. The Balaban J connectivity index is 2.62. The fourth-order valence-electron chi connectivity index (χ4n) is 1.43. The summed E-state index contributed by atoms with van der Waals surface area (Å²) >= 11 is 5.79. The Labute approximate surface area is 92.3 Å². The molecule has 0 saturated carbocycles. The van der Waals surface area contributed by atoms with Crippen LogP contribution in [0.2, 0.25) is 0 Å². The van der Waals surface area contributed by atoms with Gasteiger partial charge < -0.3 is 9.84 Å². The fraction of sp³-hybridized carbons (Fsp3) is 0.556. The Bertz CT molecular complexity index is 281. The molecule has 1 N–H and O–H groups in total. The van der Waals surface area contributed by atoms with Gasteiger partial charge in [0.2, 0.25) is 0 Å². The molecule has 1 rings (SSSR count). The molecule has 1 heterocycles. The number of carboxylic acid groups (broad SMARTS) is 1. The zero-order chi connectivity index (χ0) is 11.4. The van der Waals surface area contributed by atoms with E-state index in [1.54, 1.807) is 0 Å². The Kier molecular flexibility index (Phi) is 3.96. The quantitative estimate of drug-likeness (QED) is 0.585. The molecule has 0 aromatic carbocycles. The van der Waals surface area contributed by atoms with E-state index in [9.17, 15) is 9.59 Å². The number of nitrogens with zero attached hydrogens (tertiary/aromatic N) is 1. The second kappa shape index (κ2) is 5.02. The number of carbonyl (C=O) groups is 2. The molecule has 0 aromatic rings. The summed E-state index contributed by atoms with van der Waals surface area (Å²) in [5.41, 5.74) is 0. The number of carbonyl (C=O) groups excluding carboxylic acids is 1. The molecule has 0 aromatic heterocycles. The highest BCUT2D eigenvalue weighted by Gasteiger charge is 2.39. The first-order chi connectivity index (χ1) is 7.06. The standard InChI is InChI=1S/C9H12ClNO4/c1-2-3-15-9(14)11-5-6(10)4-7(11)8(12)13/h2,6-7H,1,3-5H2,(H,12,13)/t6-,7-/m0/s1. The highest BCUT2D eigenvalue weighted by atomic mass is 35.5. The van der Waals surface area contributed by atoms with Crippen molar-refractivity contribution in [3.8, 4) is 0 Å². The number of likely N-dealkylation sites (tertiary alicyclic amines) is 1. The van der Waals surface area contributed by atoms with Crippen molar-refractivity contribution < 1.29 is 19.4 Å². The molecular formula is C9H12ClNO4. The van der Waals surface area contributed by atoms with E-state index in [1.807, 2.05) is 0 Å². The summed E-state index contributed by atoms with van der Waals surface area (Å²) in [4.78, 5) is 23.3. The maximum Gasteiger partial charge on any atom is 0.410 e. The molecule has 1 saturated heterocycles. The molecule has 0 unspecified atom stereocenters. The highest BCUT2D eigenvalue weighted by molar-refractivity contribution is 6.21. The average molecular weight is 234 g/mol. The molecule has 0 radical (unpaired) electrons. The van der Waals surface area contributed by atoms with Gasteiger partial charge in [-0.05, 0) is 6.42 Å². The molecule has 1 aliphatic heterocycles. The molecule has 0 spiro atoms. The maximum atomic E-state index is 11.4. The van der Waals surface area contributed by atoms with Crippen LogP contribution in [0.3, 0.4) is 0 Å². The van der Waals surface area contributed by atoms with Crippen LogP contribution in [0.1, 0.15) is 6.42 Å². The van der Waals surface area contributed by atoms with E-state index in [2.05, 4.69) is 6.58 Å². The third kappa shape index (κ3) is 2.86. The van der Waals surface area contributed by atoms with Gasteiger partial charge in [0.05, 0.1) is 5.38 Å². The van der Waals surface area contributed by atoms with Crippen LogP contribution >= 0.6 is 11.6 Å². The molecule has 0 bridgehead atoms. The van der Waals surface area contributed by atoms with Gasteiger partial charge in [0.25, 0.3) is 0 Å². The predicted molar refractivity (Wildman–Crippen MR) is 53.9 cm³/mol. The summed E-state index contributed by atoms with van der Waals surface area (Å²) in [6.07, 6.45) is 1.01. The molecule has 1 amide bonds. The van der Waals surface area contributed by atoms with Crippen molar-refractivity contribution in [2.45, 2.75) is 17.8 Å². The normalized spacial score (nSPS) is 25.0. The minimum Gasteiger partial charge on any atom is -0.480 e. The number of aliphatic carboxylic acids is 1. The van der Waals surface area contributed by atoms with Crippen molar-refractivity contribution in [1.82, 2.24) is 4.90 Å². The van der Waals surface area contributed by atoms with E-state index in [-0.39, 0.29) is 24.9 Å². The van der Waals surface area contributed by atoms with Gasteiger partial charge in [0.1, 0.15) is 12.6 Å². The van der Waals surface area contributed by atoms with Gasteiger partial charge in [-0.1, -0.05) is 12.7 Å². The first kappa shape index (κ1) is 11.8. The molecule has 1 aliphatic rings. The molecule has 15 heavy (non-hydrogen) atoms. The van der Waals surface area contributed by atoms with Crippen LogP contribution in [-0.4, -0.2) is 46.6 Å². The van der Waals surface area contributed by atoms with E-state index >= 15 is 0 Å². The number of halogens is 1. The number of hydrogen-bond acceptors (Lipinski definition) is 3. The third-order valence-electron chi connectivity index (χ3n) is 2.09. The van der Waals surface area contributed by atoms with Gasteiger partial charge in [-0.2, -0.15) is 0 Å². The number of hydrogen-bond donors (Lipinski definition) is 1. The minimum atomic E-state index is -1.06. The minimum absolute atomic E-state index is 0.0641. The zero-order valence-corrected chi connectivity index (χ0v) is 8.81. The van der Waals surface area contributed by atoms with Crippen molar-refractivity contribution in [3.63, 3.8) is 0 Å². The van der Waals surface area contributed by atoms with Gasteiger partial charge in [-0.15, -0.1) is 11.6 Å². The van der Waals surface area contributed by atoms with E-state index in [4.69, 9.17) is 21.4 Å². The predicted octanol–water partition coefficient (Wildman–Crippen LogP) is 1.08.